The normalized spacial score (nSPS) is 15.7. The maximum atomic E-state index is 12.0. The van der Waals surface area contributed by atoms with Gasteiger partial charge < -0.3 is 16.0 Å². The van der Waals surface area contributed by atoms with Gasteiger partial charge in [0.2, 0.25) is 0 Å². The van der Waals surface area contributed by atoms with Crippen molar-refractivity contribution in [2.45, 2.75) is 19.8 Å². The van der Waals surface area contributed by atoms with Gasteiger partial charge in [-0.2, -0.15) is 0 Å². The van der Waals surface area contributed by atoms with E-state index in [1.165, 1.54) is 25.9 Å². The summed E-state index contributed by atoms with van der Waals surface area (Å²) in [4.78, 5) is 14.5. The van der Waals surface area contributed by atoms with Crippen molar-refractivity contribution in [3.05, 3.63) is 29.8 Å². The average Bonchev–Trinajstić information content (AvgIpc) is 2.89. The van der Waals surface area contributed by atoms with Crippen LogP contribution in [-0.2, 0) is 0 Å². The van der Waals surface area contributed by atoms with Gasteiger partial charge in [-0.05, 0) is 44.0 Å². The summed E-state index contributed by atoms with van der Waals surface area (Å²) in [6.45, 7) is 6.33. The minimum absolute atomic E-state index is 0. The highest BCUT2D eigenvalue weighted by Crippen LogP contribution is 2.11. The third-order valence-electron chi connectivity index (χ3n) is 3.59. The summed E-state index contributed by atoms with van der Waals surface area (Å²) in [6, 6.07) is 7.18. The average molecular weight is 334 g/mol. The number of anilines is 1. The van der Waals surface area contributed by atoms with Gasteiger partial charge in [-0.25, -0.2) is 0 Å². The highest BCUT2D eigenvalue weighted by molar-refractivity contribution is 5.99. The Labute approximate surface area is 139 Å². The summed E-state index contributed by atoms with van der Waals surface area (Å²) in [5.41, 5.74) is 6.89. The van der Waals surface area contributed by atoms with Gasteiger partial charge in [-0.15, -0.1) is 24.8 Å². The Hall–Kier alpha value is -0.970. The van der Waals surface area contributed by atoms with Crippen LogP contribution in [0, 0.1) is 5.92 Å². The molecular formula is C15H25Cl2N3O. The number of nitrogen functional groups attached to an aromatic ring is 1. The number of nitrogens with two attached hydrogens (primary N) is 1. The van der Waals surface area contributed by atoms with Gasteiger partial charge in [0.15, 0.2) is 0 Å². The number of amides is 1. The number of nitrogens with one attached hydrogen (secondary N) is 1. The Kier molecular flexibility index (Phi) is 9.42. The Bertz CT molecular complexity index is 437. The molecule has 21 heavy (non-hydrogen) atoms. The van der Waals surface area contributed by atoms with E-state index < -0.39 is 0 Å². The monoisotopic (exact) mass is 333 g/mol. The van der Waals surface area contributed by atoms with E-state index in [-0.39, 0.29) is 30.7 Å². The van der Waals surface area contributed by atoms with Crippen molar-refractivity contribution in [1.29, 1.82) is 0 Å². The van der Waals surface area contributed by atoms with E-state index in [9.17, 15) is 4.79 Å². The lowest BCUT2D eigenvalue weighted by atomic mass is 10.1. The van der Waals surface area contributed by atoms with Crippen LogP contribution in [0.2, 0.25) is 0 Å². The van der Waals surface area contributed by atoms with Gasteiger partial charge in [-0.1, -0.05) is 19.1 Å². The summed E-state index contributed by atoms with van der Waals surface area (Å²) >= 11 is 0. The number of halogens is 2. The van der Waals surface area contributed by atoms with Crippen molar-refractivity contribution in [3.8, 4) is 0 Å². The summed E-state index contributed by atoms with van der Waals surface area (Å²) in [6.07, 6.45) is 2.61. The fourth-order valence-electron chi connectivity index (χ4n) is 2.54. The highest BCUT2D eigenvalue weighted by atomic mass is 35.5. The smallest absolute Gasteiger partial charge is 0.253 e. The molecule has 2 rings (SSSR count). The second-order valence-corrected chi connectivity index (χ2v) is 5.41. The predicted octanol–water partition coefficient (Wildman–Crippen LogP) is 2.57. The minimum Gasteiger partial charge on any atom is -0.398 e. The first-order valence-electron chi connectivity index (χ1n) is 7.02. The zero-order valence-corrected chi connectivity index (χ0v) is 14.0. The molecule has 0 saturated carbocycles. The van der Waals surface area contributed by atoms with Crippen molar-refractivity contribution in [3.63, 3.8) is 0 Å². The Morgan fingerprint density at radius 2 is 1.90 bits per heavy atom. The fourth-order valence-corrected chi connectivity index (χ4v) is 2.54. The molecule has 1 fully saturated rings. The van der Waals surface area contributed by atoms with Crippen LogP contribution in [0.1, 0.15) is 30.1 Å². The molecule has 1 heterocycles. The van der Waals surface area contributed by atoms with Crippen LogP contribution in [0.4, 0.5) is 5.69 Å². The number of benzene rings is 1. The maximum absolute atomic E-state index is 12.0. The van der Waals surface area contributed by atoms with E-state index in [0.717, 1.165) is 6.54 Å². The number of carbonyl (C=O) groups is 1. The van der Waals surface area contributed by atoms with Gasteiger partial charge in [0.1, 0.15) is 0 Å². The van der Waals surface area contributed by atoms with E-state index in [1.807, 2.05) is 12.1 Å². The van der Waals surface area contributed by atoms with Gasteiger partial charge in [0.05, 0.1) is 5.56 Å². The molecule has 1 unspecified atom stereocenters. The first-order chi connectivity index (χ1) is 9.16. The van der Waals surface area contributed by atoms with Crippen molar-refractivity contribution >= 4 is 36.4 Å². The Morgan fingerprint density at radius 3 is 2.52 bits per heavy atom. The SMILES string of the molecule is CC(CNC(=O)c1ccccc1N)CN1CCCC1.Cl.Cl. The molecule has 0 aliphatic carbocycles. The summed E-state index contributed by atoms with van der Waals surface area (Å²) in [5, 5.41) is 2.97. The van der Waals surface area contributed by atoms with Gasteiger partial charge in [0, 0.05) is 18.8 Å². The van der Waals surface area contributed by atoms with Crippen LogP contribution in [0.15, 0.2) is 24.3 Å². The van der Waals surface area contributed by atoms with Crippen LogP contribution < -0.4 is 11.1 Å². The van der Waals surface area contributed by atoms with Crippen LogP contribution in [0.25, 0.3) is 0 Å². The standard InChI is InChI=1S/C15H23N3O.2ClH/c1-12(11-18-8-4-5-9-18)10-17-15(19)13-6-2-3-7-14(13)16;;/h2-3,6-7,12H,4-5,8-11,16H2,1H3,(H,17,19);2*1H. The number of carbonyl (C=O) groups excluding carboxylic acids is 1. The molecule has 6 heteroatoms. The molecule has 0 spiro atoms. The number of likely N-dealkylation sites (tertiary alicyclic amines) is 1. The van der Waals surface area contributed by atoms with E-state index in [0.29, 0.717) is 23.7 Å². The van der Waals surface area contributed by atoms with Crippen LogP contribution in [0.5, 0.6) is 0 Å². The molecule has 0 radical (unpaired) electrons. The van der Waals surface area contributed by atoms with Crippen LogP contribution in [-0.4, -0.2) is 37.0 Å². The topological polar surface area (TPSA) is 58.4 Å². The highest BCUT2D eigenvalue weighted by Gasteiger charge is 2.15. The quantitative estimate of drug-likeness (QED) is 0.814. The zero-order valence-electron chi connectivity index (χ0n) is 12.4. The fraction of sp³-hybridized carbons (Fsp3) is 0.533. The van der Waals surface area contributed by atoms with E-state index in [2.05, 4.69) is 17.1 Å². The van der Waals surface area contributed by atoms with Crippen LogP contribution in [0.3, 0.4) is 0 Å². The van der Waals surface area contributed by atoms with Crippen molar-refractivity contribution in [2.24, 2.45) is 5.92 Å². The number of hydrogen-bond donors (Lipinski definition) is 2. The van der Waals surface area contributed by atoms with Crippen molar-refractivity contribution in [2.75, 3.05) is 31.9 Å². The second-order valence-electron chi connectivity index (χ2n) is 5.41. The number of rotatable bonds is 5. The molecule has 4 nitrogen and oxygen atoms in total. The van der Waals surface area contributed by atoms with Crippen molar-refractivity contribution in [1.82, 2.24) is 10.2 Å². The molecule has 1 amide bonds. The lowest BCUT2D eigenvalue weighted by Gasteiger charge is -2.20. The molecule has 1 aliphatic heterocycles. The Balaban J connectivity index is 0.00000200. The molecule has 0 bridgehead atoms. The van der Waals surface area contributed by atoms with Gasteiger partial charge in [0.25, 0.3) is 5.91 Å². The Morgan fingerprint density at radius 1 is 1.29 bits per heavy atom. The van der Waals surface area contributed by atoms with Crippen LogP contribution >= 0.6 is 24.8 Å². The lowest BCUT2D eigenvalue weighted by Crippen LogP contribution is -2.34. The molecule has 3 N–H and O–H groups in total. The number of para-hydroxylation sites is 1. The third-order valence-corrected chi connectivity index (χ3v) is 3.59. The second kappa shape index (κ2) is 9.87. The maximum Gasteiger partial charge on any atom is 0.253 e. The van der Waals surface area contributed by atoms with Gasteiger partial charge >= 0.3 is 0 Å². The summed E-state index contributed by atoms with van der Waals surface area (Å²) < 4.78 is 0. The number of hydrogen-bond acceptors (Lipinski definition) is 3. The summed E-state index contributed by atoms with van der Waals surface area (Å²) in [7, 11) is 0. The molecule has 0 aromatic heterocycles. The van der Waals surface area contributed by atoms with Crippen molar-refractivity contribution < 1.29 is 4.79 Å². The molecular weight excluding hydrogens is 309 g/mol. The largest absolute Gasteiger partial charge is 0.398 e. The molecule has 1 aromatic rings. The lowest BCUT2D eigenvalue weighted by molar-refractivity contribution is 0.0946. The molecule has 1 aliphatic rings. The summed E-state index contributed by atoms with van der Waals surface area (Å²) in [5.74, 6) is 0.387. The van der Waals surface area contributed by atoms with E-state index in [4.69, 9.17) is 5.73 Å². The van der Waals surface area contributed by atoms with E-state index in [1.54, 1.807) is 12.1 Å². The predicted molar refractivity (Wildman–Crippen MR) is 92.5 cm³/mol. The zero-order chi connectivity index (χ0) is 13.7. The van der Waals surface area contributed by atoms with Gasteiger partial charge in [-0.3, -0.25) is 4.79 Å². The third kappa shape index (κ3) is 6.12. The molecule has 1 saturated heterocycles. The first kappa shape index (κ1) is 20.0. The minimum atomic E-state index is -0.0774. The van der Waals surface area contributed by atoms with E-state index >= 15 is 0 Å². The number of nitrogens with zero attached hydrogens (tertiary/aromatic N) is 1. The first-order valence-corrected chi connectivity index (χ1v) is 7.02. The molecule has 1 aromatic carbocycles. The molecule has 120 valence electrons. The molecule has 1 atom stereocenters.